The number of carbonyl (C=O) groups is 4. The standard InChI is InChI=1S/C8H6O4.C6H10O2.C2H6O2.CH4N2O/c9-7(10)5-3-1-2-4-6(5)8(11)12;7-6-4-2-1-3-5-8-6;3-1-2-4;2-1(3)4/h1-4H,(H,9,10)(H,11,12);1-5H2;3-4H,1-2H2;(H4,2,3,4). The fourth-order valence-corrected chi connectivity index (χ4v) is 1.66. The molecule has 0 aliphatic carbocycles. The van der Waals surface area contributed by atoms with Crippen LogP contribution < -0.4 is 11.5 Å². The summed E-state index contributed by atoms with van der Waals surface area (Å²) in [5.74, 6) is -2.48. The van der Waals surface area contributed by atoms with Crippen molar-refractivity contribution in [3.05, 3.63) is 35.4 Å². The first-order valence-electron chi connectivity index (χ1n) is 8.15. The lowest BCUT2D eigenvalue weighted by atomic mass is 10.1. The third-order valence-corrected chi connectivity index (χ3v) is 2.78. The van der Waals surface area contributed by atoms with E-state index in [0.29, 0.717) is 13.0 Å². The van der Waals surface area contributed by atoms with Crippen molar-refractivity contribution in [2.75, 3.05) is 19.8 Å². The molecule has 0 atom stereocenters. The van der Waals surface area contributed by atoms with Crippen LogP contribution in [0.3, 0.4) is 0 Å². The second-order valence-corrected chi connectivity index (χ2v) is 5.04. The number of ether oxygens (including phenoxy) is 1. The first-order valence-corrected chi connectivity index (χ1v) is 8.15. The van der Waals surface area contributed by atoms with Gasteiger partial charge in [0, 0.05) is 6.42 Å². The average molecular weight is 402 g/mol. The van der Waals surface area contributed by atoms with Crippen LogP contribution in [0.4, 0.5) is 4.79 Å². The lowest BCUT2D eigenvalue weighted by Gasteiger charge is -1.98. The lowest BCUT2D eigenvalue weighted by molar-refractivity contribution is -0.142. The minimum atomic E-state index is -1.23. The van der Waals surface area contributed by atoms with E-state index in [-0.39, 0.29) is 30.3 Å². The summed E-state index contributed by atoms with van der Waals surface area (Å²) in [6.07, 6.45) is 3.83. The highest BCUT2D eigenvalue weighted by Crippen LogP contribution is 2.08. The summed E-state index contributed by atoms with van der Waals surface area (Å²) in [4.78, 5) is 40.4. The predicted octanol–water partition coefficient (Wildman–Crippen LogP) is 0.181. The zero-order valence-corrected chi connectivity index (χ0v) is 15.2. The Morgan fingerprint density at radius 1 is 0.893 bits per heavy atom. The highest BCUT2D eigenvalue weighted by Gasteiger charge is 2.13. The van der Waals surface area contributed by atoms with Gasteiger partial charge in [-0.2, -0.15) is 0 Å². The summed E-state index contributed by atoms with van der Waals surface area (Å²) in [5, 5.41) is 32.4. The number of amides is 2. The molecule has 1 aliphatic heterocycles. The molecule has 0 aromatic heterocycles. The number of hydrogen-bond donors (Lipinski definition) is 6. The van der Waals surface area contributed by atoms with Crippen molar-refractivity contribution >= 4 is 23.9 Å². The molecule has 0 unspecified atom stereocenters. The molecule has 1 fully saturated rings. The van der Waals surface area contributed by atoms with Crippen molar-refractivity contribution in [1.29, 1.82) is 0 Å². The summed E-state index contributed by atoms with van der Waals surface area (Å²) in [7, 11) is 0. The second-order valence-electron chi connectivity index (χ2n) is 5.04. The van der Waals surface area contributed by atoms with Crippen molar-refractivity contribution in [1.82, 2.24) is 0 Å². The Hall–Kier alpha value is -3.18. The number of hydrogen-bond acceptors (Lipinski definition) is 7. The number of aliphatic hydroxyl groups is 2. The molecule has 1 aliphatic rings. The predicted molar refractivity (Wildman–Crippen MR) is 97.7 cm³/mol. The number of urea groups is 1. The number of carboxylic acids is 2. The van der Waals surface area contributed by atoms with Gasteiger partial charge in [0.2, 0.25) is 0 Å². The van der Waals surface area contributed by atoms with Crippen LogP contribution in [0.15, 0.2) is 24.3 Å². The Bertz CT molecular complexity index is 571. The summed E-state index contributed by atoms with van der Waals surface area (Å²) in [5.41, 5.74) is 8.12. The van der Waals surface area contributed by atoms with Crippen molar-refractivity contribution in [3.63, 3.8) is 0 Å². The van der Waals surface area contributed by atoms with E-state index in [2.05, 4.69) is 11.5 Å². The molecule has 28 heavy (non-hydrogen) atoms. The van der Waals surface area contributed by atoms with Crippen LogP contribution in [0.1, 0.15) is 46.4 Å². The number of carboxylic acid groups (broad SMARTS) is 2. The third-order valence-electron chi connectivity index (χ3n) is 2.78. The van der Waals surface area contributed by atoms with Crippen LogP contribution in [0.2, 0.25) is 0 Å². The smallest absolute Gasteiger partial charge is 0.336 e. The van der Waals surface area contributed by atoms with Gasteiger partial charge in [0.25, 0.3) is 0 Å². The third kappa shape index (κ3) is 16.3. The van der Waals surface area contributed by atoms with E-state index in [1.807, 2.05) is 0 Å². The zero-order chi connectivity index (χ0) is 21.9. The fraction of sp³-hybridized carbons (Fsp3) is 0.412. The molecule has 1 aromatic carbocycles. The molecule has 0 spiro atoms. The van der Waals surface area contributed by atoms with Gasteiger partial charge in [-0.1, -0.05) is 12.1 Å². The molecule has 158 valence electrons. The van der Waals surface area contributed by atoms with E-state index in [9.17, 15) is 14.4 Å². The van der Waals surface area contributed by atoms with E-state index in [0.717, 1.165) is 19.3 Å². The molecule has 1 aromatic rings. The summed E-state index contributed by atoms with van der Waals surface area (Å²) < 4.78 is 4.76. The fourth-order valence-electron chi connectivity index (χ4n) is 1.66. The number of benzene rings is 1. The van der Waals surface area contributed by atoms with Gasteiger partial charge in [-0.05, 0) is 31.4 Å². The Balaban J connectivity index is 0. The van der Waals surface area contributed by atoms with Crippen LogP contribution in [0, 0.1) is 0 Å². The highest BCUT2D eigenvalue weighted by atomic mass is 16.5. The Morgan fingerprint density at radius 2 is 1.32 bits per heavy atom. The summed E-state index contributed by atoms with van der Waals surface area (Å²) >= 11 is 0. The number of carbonyl (C=O) groups excluding carboxylic acids is 2. The van der Waals surface area contributed by atoms with Crippen molar-refractivity contribution in [2.24, 2.45) is 11.5 Å². The molecule has 0 bridgehead atoms. The minimum Gasteiger partial charge on any atom is -0.478 e. The number of primary amides is 2. The largest absolute Gasteiger partial charge is 0.478 e. The topological polar surface area (TPSA) is 210 Å². The van der Waals surface area contributed by atoms with E-state index < -0.39 is 18.0 Å². The Morgan fingerprint density at radius 3 is 1.68 bits per heavy atom. The second kappa shape index (κ2) is 17.2. The lowest BCUT2D eigenvalue weighted by Crippen LogP contribution is -2.18. The van der Waals surface area contributed by atoms with Crippen LogP contribution >= 0.6 is 0 Å². The molecule has 2 amide bonds. The van der Waals surface area contributed by atoms with Crippen LogP contribution in [-0.2, 0) is 9.53 Å². The number of rotatable bonds is 3. The summed E-state index contributed by atoms with van der Waals surface area (Å²) in [6, 6.07) is 4.64. The van der Waals surface area contributed by atoms with Crippen LogP contribution in [0.25, 0.3) is 0 Å². The molecular weight excluding hydrogens is 376 g/mol. The molecule has 0 saturated carbocycles. The monoisotopic (exact) mass is 402 g/mol. The van der Waals surface area contributed by atoms with Crippen LogP contribution in [-0.4, -0.2) is 64.2 Å². The van der Waals surface area contributed by atoms with Crippen molar-refractivity contribution in [3.8, 4) is 0 Å². The first-order chi connectivity index (χ1) is 13.2. The van der Waals surface area contributed by atoms with E-state index in [4.69, 9.17) is 30.0 Å². The Kier molecular flexibility index (Phi) is 16.7. The number of esters is 1. The maximum absolute atomic E-state index is 10.5. The zero-order valence-electron chi connectivity index (χ0n) is 15.2. The molecule has 2 rings (SSSR count). The maximum Gasteiger partial charge on any atom is 0.336 e. The van der Waals surface area contributed by atoms with Gasteiger partial charge < -0.3 is 36.6 Å². The average Bonchev–Trinajstić information content (AvgIpc) is 2.89. The van der Waals surface area contributed by atoms with Gasteiger partial charge in [-0.25, -0.2) is 14.4 Å². The van der Waals surface area contributed by atoms with E-state index in [1.54, 1.807) is 0 Å². The molecule has 1 heterocycles. The SMILES string of the molecule is NC(N)=O.O=C(O)c1ccccc1C(=O)O.O=C1CCCCCO1.OCCO. The van der Waals surface area contributed by atoms with Gasteiger partial charge in [0.05, 0.1) is 30.9 Å². The molecule has 11 heteroatoms. The quantitative estimate of drug-likeness (QED) is 0.380. The highest BCUT2D eigenvalue weighted by molar-refractivity contribution is 6.01. The van der Waals surface area contributed by atoms with Crippen molar-refractivity contribution in [2.45, 2.75) is 25.7 Å². The normalized spacial score (nSPS) is 12.1. The van der Waals surface area contributed by atoms with E-state index >= 15 is 0 Å². The first kappa shape index (κ1) is 27.0. The molecule has 11 nitrogen and oxygen atoms in total. The molecular formula is C17H26N2O9. The molecule has 0 radical (unpaired) electrons. The van der Waals surface area contributed by atoms with Crippen molar-refractivity contribution < 1.29 is 44.3 Å². The number of nitrogens with two attached hydrogens (primary N) is 2. The van der Waals surface area contributed by atoms with Gasteiger partial charge in [0.15, 0.2) is 0 Å². The van der Waals surface area contributed by atoms with Gasteiger partial charge in [0.1, 0.15) is 0 Å². The van der Waals surface area contributed by atoms with Crippen LogP contribution in [0.5, 0.6) is 0 Å². The maximum atomic E-state index is 10.5. The molecule has 1 saturated heterocycles. The number of aromatic carboxylic acids is 2. The summed E-state index contributed by atoms with van der Waals surface area (Å²) in [6.45, 7) is 0.388. The van der Waals surface area contributed by atoms with Gasteiger partial charge >= 0.3 is 23.9 Å². The minimum absolute atomic E-state index is 0.0255. The molecule has 8 N–H and O–H groups in total. The Labute approximate surface area is 161 Å². The van der Waals surface area contributed by atoms with Gasteiger partial charge in [-0.15, -0.1) is 0 Å². The number of cyclic esters (lactones) is 1. The van der Waals surface area contributed by atoms with Gasteiger partial charge in [-0.3, -0.25) is 4.79 Å². The van der Waals surface area contributed by atoms with E-state index in [1.165, 1.54) is 24.3 Å². The number of aliphatic hydroxyl groups excluding tert-OH is 2.